The van der Waals surface area contributed by atoms with Crippen molar-refractivity contribution in [3.63, 3.8) is 0 Å². The van der Waals surface area contributed by atoms with Crippen molar-refractivity contribution in [2.75, 3.05) is 4.90 Å². The predicted octanol–water partition coefficient (Wildman–Crippen LogP) is 14.2. The van der Waals surface area contributed by atoms with E-state index in [1.807, 2.05) is 36.4 Å². The van der Waals surface area contributed by atoms with Crippen LogP contribution in [-0.4, -0.2) is 0 Å². The van der Waals surface area contributed by atoms with Crippen molar-refractivity contribution in [1.82, 2.24) is 0 Å². The van der Waals surface area contributed by atoms with Gasteiger partial charge in [0.25, 0.3) is 0 Å². The van der Waals surface area contributed by atoms with Crippen LogP contribution in [0, 0.1) is 0 Å². The van der Waals surface area contributed by atoms with Gasteiger partial charge < -0.3 is 18.2 Å². The van der Waals surface area contributed by atoms with Gasteiger partial charge in [0.05, 0.1) is 22.1 Å². The van der Waals surface area contributed by atoms with Crippen LogP contribution in [0.5, 0.6) is 0 Å². The molecule has 0 aliphatic rings. The third-order valence-corrected chi connectivity index (χ3v) is 10.3. The van der Waals surface area contributed by atoms with Crippen LogP contribution in [0.1, 0.15) is 0 Å². The summed E-state index contributed by atoms with van der Waals surface area (Å²) in [7, 11) is 0. The lowest BCUT2D eigenvalue weighted by molar-refractivity contribution is 0.668. The van der Waals surface area contributed by atoms with Crippen molar-refractivity contribution < 1.29 is 13.3 Å². The second-order valence-corrected chi connectivity index (χ2v) is 13.2. The Bertz CT molecular complexity index is 3130. The van der Waals surface area contributed by atoms with Gasteiger partial charge in [-0.05, 0) is 71.8 Å². The van der Waals surface area contributed by atoms with Gasteiger partial charge in [0.15, 0.2) is 0 Å². The summed E-state index contributed by atoms with van der Waals surface area (Å²) >= 11 is 0. The summed E-state index contributed by atoms with van der Waals surface area (Å²) in [6.07, 6.45) is 0. The second kappa shape index (κ2) is 11.2. The zero-order valence-electron chi connectivity index (χ0n) is 27.9. The van der Waals surface area contributed by atoms with E-state index in [1.54, 1.807) is 0 Å². The first-order chi connectivity index (χ1) is 25.8. The number of rotatable bonds is 5. The highest BCUT2D eigenvalue weighted by molar-refractivity contribution is 6.22. The summed E-state index contributed by atoms with van der Waals surface area (Å²) in [5, 5.41) is 6.32. The Balaban J connectivity index is 1.33. The number of anilines is 3. The minimum absolute atomic E-state index is 0.824. The van der Waals surface area contributed by atoms with Gasteiger partial charge in [-0.15, -0.1) is 0 Å². The fourth-order valence-corrected chi connectivity index (χ4v) is 7.97. The maximum atomic E-state index is 6.81. The molecule has 52 heavy (non-hydrogen) atoms. The van der Waals surface area contributed by atoms with Gasteiger partial charge in [-0.3, -0.25) is 0 Å². The molecule has 0 saturated carbocycles. The van der Waals surface area contributed by atoms with E-state index in [1.165, 1.54) is 0 Å². The summed E-state index contributed by atoms with van der Waals surface area (Å²) in [5.74, 6) is 0. The fourth-order valence-electron chi connectivity index (χ4n) is 7.97. The number of nitrogens with zero attached hydrogens (tertiary/aromatic N) is 1. The second-order valence-electron chi connectivity index (χ2n) is 13.2. The molecule has 0 saturated heterocycles. The first kappa shape index (κ1) is 28.8. The maximum Gasteiger partial charge on any atom is 0.145 e. The number of furan rings is 3. The Morgan fingerprint density at radius 3 is 1.60 bits per heavy atom. The molecule has 244 valence electrons. The molecule has 11 rings (SSSR count). The molecule has 3 aromatic heterocycles. The molecule has 3 heterocycles. The largest absolute Gasteiger partial charge is 0.456 e. The van der Waals surface area contributed by atoms with Crippen LogP contribution in [0.4, 0.5) is 17.1 Å². The maximum absolute atomic E-state index is 6.81. The van der Waals surface area contributed by atoms with E-state index >= 15 is 0 Å². The van der Waals surface area contributed by atoms with Crippen LogP contribution >= 0.6 is 0 Å². The average Bonchev–Trinajstić information content (AvgIpc) is 3.90. The molecule has 0 aliphatic carbocycles. The van der Waals surface area contributed by atoms with E-state index in [0.29, 0.717) is 0 Å². The van der Waals surface area contributed by atoms with E-state index in [-0.39, 0.29) is 0 Å². The van der Waals surface area contributed by atoms with Crippen LogP contribution in [0.15, 0.2) is 189 Å². The van der Waals surface area contributed by atoms with Gasteiger partial charge in [-0.25, -0.2) is 0 Å². The topological polar surface area (TPSA) is 42.7 Å². The zero-order chi connectivity index (χ0) is 34.2. The third-order valence-electron chi connectivity index (χ3n) is 10.3. The molecular formula is C48H29NO3. The van der Waals surface area contributed by atoms with Crippen molar-refractivity contribution in [3.05, 3.63) is 176 Å². The van der Waals surface area contributed by atoms with E-state index in [2.05, 4.69) is 144 Å². The Morgan fingerprint density at radius 2 is 0.865 bits per heavy atom. The highest BCUT2D eigenvalue weighted by atomic mass is 16.3. The van der Waals surface area contributed by atoms with Gasteiger partial charge in [0, 0.05) is 38.4 Å². The molecule has 0 N–H and O–H groups in total. The van der Waals surface area contributed by atoms with Crippen LogP contribution in [0.2, 0.25) is 0 Å². The number of para-hydroxylation sites is 3. The fraction of sp³-hybridized carbons (Fsp3) is 0. The lowest BCUT2D eigenvalue weighted by Gasteiger charge is -2.29. The molecule has 0 amide bonds. The van der Waals surface area contributed by atoms with Gasteiger partial charge in [0.1, 0.15) is 33.5 Å². The van der Waals surface area contributed by atoms with Crippen molar-refractivity contribution in [2.45, 2.75) is 0 Å². The van der Waals surface area contributed by atoms with Crippen LogP contribution < -0.4 is 4.90 Å². The van der Waals surface area contributed by atoms with Crippen LogP contribution in [-0.2, 0) is 0 Å². The number of fused-ring (bicyclic) bond motifs is 9. The van der Waals surface area contributed by atoms with Gasteiger partial charge >= 0.3 is 0 Å². The predicted molar refractivity (Wildman–Crippen MR) is 214 cm³/mol. The van der Waals surface area contributed by atoms with Crippen LogP contribution in [0.3, 0.4) is 0 Å². The monoisotopic (exact) mass is 667 g/mol. The molecule has 4 heteroatoms. The Kier molecular flexibility index (Phi) is 6.22. The summed E-state index contributed by atoms with van der Waals surface area (Å²) < 4.78 is 19.7. The standard InChI is InChI=1S/C48H29NO3/c1-3-13-30(14-4-1)33-25-28-44-46(37-19-9-11-21-41(37)51-44)47(33)49(32-23-27-43-38(29-32)35-17-7-10-20-40(35)50-43)39-26-24-34(31-15-5-2-6-16-31)48-45(39)36-18-8-12-22-42(36)52-48/h1-29H. The van der Waals surface area contributed by atoms with E-state index < -0.39 is 0 Å². The first-order valence-corrected chi connectivity index (χ1v) is 17.5. The van der Waals surface area contributed by atoms with Crippen molar-refractivity contribution in [1.29, 1.82) is 0 Å². The van der Waals surface area contributed by atoms with Crippen LogP contribution in [0.25, 0.3) is 88.1 Å². The average molecular weight is 668 g/mol. The lowest BCUT2D eigenvalue weighted by atomic mass is 9.96. The van der Waals surface area contributed by atoms with Gasteiger partial charge in [-0.2, -0.15) is 0 Å². The molecule has 0 bridgehead atoms. The van der Waals surface area contributed by atoms with Gasteiger partial charge in [-0.1, -0.05) is 115 Å². The summed E-state index contributed by atoms with van der Waals surface area (Å²) in [6, 6.07) is 61.3. The smallest absolute Gasteiger partial charge is 0.145 e. The minimum Gasteiger partial charge on any atom is -0.456 e. The highest BCUT2D eigenvalue weighted by Crippen LogP contribution is 2.52. The minimum atomic E-state index is 0.824. The Labute approximate surface area is 298 Å². The molecule has 0 aliphatic heterocycles. The summed E-state index contributed by atoms with van der Waals surface area (Å²) in [4.78, 5) is 2.41. The molecule has 4 nitrogen and oxygen atoms in total. The highest BCUT2D eigenvalue weighted by Gasteiger charge is 2.28. The number of hydrogen-bond donors (Lipinski definition) is 0. The molecule has 0 fully saturated rings. The summed E-state index contributed by atoms with van der Waals surface area (Å²) in [6.45, 7) is 0. The van der Waals surface area contributed by atoms with Gasteiger partial charge in [0.2, 0.25) is 0 Å². The first-order valence-electron chi connectivity index (χ1n) is 17.5. The number of hydrogen-bond acceptors (Lipinski definition) is 4. The van der Waals surface area contributed by atoms with E-state index in [9.17, 15) is 0 Å². The molecule has 0 atom stereocenters. The molecule has 8 aromatic carbocycles. The number of benzene rings is 8. The normalized spacial score (nSPS) is 11.8. The zero-order valence-corrected chi connectivity index (χ0v) is 27.9. The third kappa shape index (κ3) is 4.28. The molecule has 11 aromatic rings. The summed E-state index contributed by atoms with van der Waals surface area (Å²) in [5.41, 5.74) is 12.4. The Hall–Kier alpha value is -7.04. The lowest BCUT2D eigenvalue weighted by Crippen LogP contribution is -2.12. The molecule has 0 spiro atoms. The van der Waals surface area contributed by atoms with Crippen molar-refractivity contribution >= 4 is 82.9 Å². The Morgan fingerprint density at radius 1 is 0.346 bits per heavy atom. The van der Waals surface area contributed by atoms with Crippen molar-refractivity contribution in [2.24, 2.45) is 0 Å². The van der Waals surface area contributed by atoms with E-state index in [0.717, 1.165) is 105 Å². The molecular weight excluding hydrogens is 639 g/mol. The SMILES string of the molecule is c1ccc(-c2ccc3oc4ccccc4c3c2N(c2ccc3oc4ccccc4c3c2)c2ccc(-c3ccccc3)c3oc4ccccc4c23)cc1. The van der Waals surface area contributed by atoms with E-state index in [4.69, 9.17) is 13.3 Å². The quantitative estimate of drug-likeness (QED) is 0.183. The molecule has 0 unspecified atom stereocenters. The molecule has 0 radical (unpaired) electrons. The van der Waals surface area contributed by atoms with Crippen molar-refractivity contribution in [3.8, 4) is 22.3 Å².